The van der Waals surface area contributed by atoms with Crippen LogP contribution in [0.15, 0.2) is 18.3 Å². The van der Waals surface area contributed by atoms with Crippen molar-refractivity contribution < 1.29 is 13.2 Å². The molecule has 0 aliphatic carbocycles. The van der Waals surface area contributed by atoms with E-state index < -0.39 is 11.7 Å². The molecule has 0 fully saturated rings. The molecular weight excluding hydrogens is 217 g/mol. The Morgan fingerprint density at radius 2 is 2.00 bits per heavy atom. The Labute approximate surface area is 81.7 Å². The van der Waals surface area contributed by atoms with Crippen LogP contribution in [0.3, 0.4) is 0 Å². The van der Waals surface area contributed by atoms with E-state index in [4.69, 9.17) is 11.6 Å². The highest BCUT2D eigenvalue weighted by molar-refractivity contribution is 6.32. The number of aromatic amines is 1. The molecular formula is C8H4ClF3N2. The van der Waals surface area contributed by atoms with Crippen LogP contribution in [0, 0.1) is 0 Å². The summed E-state index contributed by atoms with van der Waals surface area (Å²) in [6.45, 7) is 0. The normalized spacial score (nSPS) is 12.3. The molecule has 14 heavy (non-hydrogen) atoms. The maximum absolute atomic E-state index is 12.4. The number of aromatic nitrogens is 2. The van der Waals surface area contributed by atoms with E-state index in [1.807, 2.05) is 0 Å². The summed E-state index contributed by atoms with van der Waals surface area (Å²) in [4.78, 5) is 0. The fraction of sp³-hybridized carbons (Fsp3) is 0.125. The van der Waals surface area contributed by atoms with Crippen molar-refractivity contribution in [1.29, 1.82) is 0 Å². The van der Waals surface area contributed by atoms with Crippen LogP contribution in [-0.4, -0.2) is 10.2 Å². The average Bonchev–Trinajstić information content (AvgIpc) is 2.47. The van der Waals surface area contributed by atoms with Gasteiger partial charge in [-0.1, -0.05) is 11.6 Å². The lowest BCUT2D eigenvalue weighted by Crippen LogP contribution is -2.05. The number of nitrogens with one attached hydrogen (secondary N) is 1. The summed E-state index contributed by atoms with van der Waals surface area (Å²) in [6.07, 6.45) is -3.02. The van der Waals surface area contributed by atoms with Gasteiger partial charge in [-0.15, -0.1) is 0 Å². The highest BCUT2D eigenvalue weighted by Gasteiger charge is 2.33. The van der Waals surface area contributed by atoms with Crippen molar-refractivity contribution in [2.24, 2.45) is 0 Å². The van der Waals surface area contributed by atoms with Crippen LogP contribution in [-0.2, 0) is 6.18 Å². The Morgan fingerprint density at radius 3 is 2.64 bits per heavy atom. The minimum Gasteiger partial charge on any atom is -0.278 e. The van der Waals surface area contributed by atoms with E-state index in [-0.39, 0.29) is 5.02 Å². The molecule has 0 amide bonds. The van der Waals surface area contributed by atoms with Crippen molar-refractivity contribution in [2.45, 2.75) is 6.18 Å². The summed E-state index contributed by atoms with van der Waals surface area (Å²) in [5.41, 5.74) is -0.530. The second-order valence-electron chi connectivity index (χ2n) is 2.79. The molecule has 0 saturated carbocycles. The molecule has 0 radical (unpaired) electrons. The third kappa shape index (κ3) is 1.43. The minimum absolute atomic E-state index is 0.314. The van der Waals surface area contributed by atoms with Gasteiger partial charge in [0.05, 0.1) is 22.3 Å². The molecule has 1 aromatic carbocycles. The Morgan fingerprint density at radius 1 is 1.29 bits per heavy atom. The predicted molar refractivity (Wildman–Crippen MR) is 46.1 cm³/mol. The third-order valence-electron chi connectivity index (χ3n) is 1.83. The number of fused-ring (bicyclic) bond motifs is 1. The van der Waals surface area contributed by atoms with E-state index in [9.17, 15) is 13.2 Å². The monoisotopic (exact) mass is 220 g/mol. The van der Waals surface area contributed by atoms with Crippen LogP contribution in [0.2, 0.25) is 5.02 Å². The molecule has 0 unspecified atom stereocenters. The van der Waals surface area contributed by atoms with Crippen LogP contribution in [0.5, 0.6) is 0 Å². The van der Waals surface area contributed by atoms with Crippen molar-refractivity contribution in [1.82, 2.24) is 10.2 Å². The van der Waals surface area contributed by atoms with E-state index in [2.05, 4.69) is 10.2 Å². The predicted octanol–water partition coefficient (Wildman–Crippen LogP) is 3.24. The number of alkyl halides is 3. The van der Waals surface area contributed by atoms with E-state index in [0.717, 1.165) is 6.07 Å². The Bertz CT molecular complexity index is 475. The van der Waals surface area contributed by atoms with Gasteiger partial charge in [0.2, 0.25) is 0 Å². The first-order valence-corrected chi connectivity index (χ1v) is 4.06. The first-order chi connectivity index (χ1) is 6.48. The van der Waals surface area contributed by atoms with Crippen LogP contribution in [0.1, 0.15) is 5.56 Å². The summed E-state index contributed by atoms with van der Waals surface area (Å²) >= 11 is 5.48. The van der Waals surface area contributed by atoms with Crippen LogP contribution in [0.25, 0.3) is 10.9 Å². The van der Waals surface area contributed by atoms with Gasteiger partial charge in [0.1, 0.15) is 0 Å². The molecule has 1 N–H and O–H groups in total. The summed E-state index contributed by atoms with van der Waals surface area (Å²) in [7, 11) is 0. The molecule has 74 valence electrons. The Balaban J connectivity index is 2.71. The number of halogens is 4. The highest BCUT2D eigenvalue weighted by atomic mass is 35.5. The van der Waals surface area contributed by atoms with Crippen molar-refractivity contribution in [3.05, 3.63) is 28.9 Å². The van der Waals surface area contributed by atoms with E-state index in [0.29, 0.717) is 10.9 Å². The van der Waals surface area contributed by atoms with Gasteiger partial charge in [-0.05, 0) is 12.1 Å². The van der Waals surface area contributed by atoms with Crippen molar-refractivity contribution in [2.75, 3.05) is 0 Å². The topological polar surface area (TPSA) is 28.7 Å². The second-order valence-corrected chi connectivity index (χ2v) is 3.19. The number of benzene rings is 1. The molecule has 6 heteroatoms. The van der Waals surface area contributed by atoms with Crippen LogP contribution < -0.4 is 0 Å². The molecule has 0 aliphatic rings. The summed E-state index contributed by atoms with van der Waals surface area (Å²) in [5.74, 6) is 0. The quantitative estimate of drug-likeness (QED) is 0.726. The van der Waals surface area contributed by atoms with Crippen LogP contribution in [0.4, 0.5) is 13.2 Å². The van der Waals surface area contributed by atoms with Gasteiger partial charge in [-0.2, -0.15) is 18.3 Å². The number of hydrogen-bond donors (Lipinski definition) is 1. The lowest BCUT2D eigenvalue weighted by atomic mass is 10.1. The van der Waals surface area contributed by atoms with E-state index >= 15 is 0 Å². The number of rotatable bonds is 0. The largest absolute Gasteiger partial charge is 0.417 e. The lowest BCUT2D eigenvalue weighted by Gasteiger charge is -2.08. The first-order valence-electron chi connectivity index (χ1n) is 3.68. The van der Waals surface area contributed by atoms with Gasteiger partial charge in [0, 0.05) is 5.39 Å². The zero-order valence-corrected chi connectivity index (χ0v) is 7.45. The molecule has 2 rings (SSSR count). The average molecular weight is 221 g/mol. The zero-order valence-electron chi connectivity index (χ0n) is 6.69. The molecule has 0 saturated heterocycles. The maximum Gasteiger partial charge on any atom is 0.417 e. The zero-order chi connectivity index (χ0) is 10.3. The fourth-order valence-electron chi connectivity index (χ4n) is 1.18. The van der Waals surface area contributed by atoms with Gasteiger partial charge >= 0.3 is 6.18 Å². The molecule has 1 aromatic heterocycles. The number of H-pyrrole nitrogens is 1. The number of hydrogen-bond acceptors (Lipinski definition) is 1. The van der Waals surface area contributed by atoms with Gasteiger partial charge in [-0.3, -0.25) is 5.10 Å². The van der Waals surface area contributed by atoms with Crippen LogP contribution >= 0.6 is 11.6 Å². The smallest absolute Gasteiger partial charge is 0.278 e. The molecule has 2 nitrogen and oxygen atoms in total. The summed E-state index contributed by atoms with van der Waals surface area (Å²) < 4.78 is 37.1. The van der Waals surface area contributed by atoms with E-state index in [1.165, 1.54) is 12.3 Å². The third-order valence-corrected chi connectivity index (χ3v) is 2.15. The van der Waals surface area contributed by atoms with E-state index in [1.54, 1.807) is 0 Å². The molecule has 1 heterocycles. The SMILES string of the molecule is FC(F)(F)c1cc2[nH]ncc2cc1Cl. The van der Waals surface area contributed by atoms with Gasteiger partial charge in [0.15, 0.2) is 0 Å². The molecule has 2 aromatic rings. The molecule has 0 spiro atoms. The molecule has 0 bridgehead atoms. The summed E-state index contributed by atoms with van der Waals surface area (Å²) in [6, 6.07) is 2.19. The van der Waals surface area contributed by atoms with Gasteiger partial charge in [-0.25, -0.2) is 0 Å². The van der Waals surface area contributed by atoms with Gasteiger partial charge < -0.3 is 0 Å². The fourth-order valence-corrected chi connectivity index (χ4v) is 1.46. The highest BCUT2D eigenvalue weighted by Crippen LogP contribution is 2.36. The van der Waals surface area contributed by atoms with Crippen molar-refractivity contribution in [3.8, 4) is 0 Å². The van der Waals surface area contributed by atoms with Crippen molar-refractivity contribution >= 4 is 22.5 Å². The maximum atomic E-state index is 12.4. The summed E-state index contributed by atoms with van der Waals surface area (Å²) in [5, 5.41) is 6.31. The molecule has 0 atom stereocenters. The Hall–Kier alpha value is -1.23. The van der Waals surface area contributed by atoms with Gasteiger partial charge in [0.25, 0.3) is 0 Å². The first kappa shape index (κ1) is 9.33. The standard InChI is InChI=1S/C8H4ClF3N2/c9-6-1-4-3-13-14-7(4)2-5(6)8(10,11)12/h1-3H,(H,13,14). The lowest BCUT2D eigenvalue weighted by molar-refractivity contribution is -0.137. The Kier molecular flexibility index (Phi) is 1.92. The number of nitrogens with zero attached hydrogens (tertiary/aromatic N) is 1. The molecule has 0 aliphatic heterocycles. The second kappa shape index (κ2) is 2.88. The van der Waals surface area contributed by atoms with Crippen molar-refractivity contribution in [3.63, 3.8) is 0 Å². The minimum atomic E-state index is -4.43.